The summed E-state index contributed by atoms with van der Waals surface area (Å²) < 4.78 is 42.7. The number of benzene rings is 2. The molecule has 1 N–H and O–H groups in total. The maximum absolute atomic E-state index is 14.2. The molecule has 3 atom stereocenters. The fourth-order valence-corrected chi connectivity index (χ4v) is 4.01. The van der Waals surface area contributed by atoms with Crippen molar-refractivity contribution in [3.8, 4) is 0 Å². The monoisotopic (exact) mass is 435 g/mol. The molecule has 6 nitrogen and oxygen atoms in total. The summed E-state index contributed by atoms with van der Waals surface area (Å²) in [6.07, 6.45) is -5.27. The molecule has 166 valence electrons. The van der Waals surface area contributed by atoms with Crippen molar-refractivity contribution >= 4 is 17.5 Å². The Bertz CT molecular complexity index is 963. The van der Waals surface area contributed by atoms with E-state index in [1.54, 1.807) is 30.3 Å². The van der Waals surface area contributed by atoms with Gasteiger partial charge in [0.1, 0.15) is 5.92 Å². The van der Waals surface area contributed by atoms with Crippen molar-refractivity contribution in [1.82, 2.24) is 9.80 Å². The molecule has 2 aromatic rings. The number of aliphatic hydroxyl groups is 1. The van der Waals surface area contributed by atoms with Gasteiger partial charge in [0, 0.05) is 39.4 Å². The Labute approximate surface area is 178 Å². The van der Waals surface area contributed by atoms with Crippen LogP contribution in [0.5, 0.6) is 0 Å². The molecule has 0 saturated carbocycles. The number of Topliss-reactive ketones (excluding diaryl/α,β-unsaturated/α-hetero) is 1. The first kappa shape index (κ1) is 22.6. The van der Waals surface area contributed by atoms with Crippen molar-refractivity contribution in [2.45, 2.75) is 17.9 Å². The van der Waals surface area contributed by atoms with E-state index < -0.39 is 35.7 Å². The lowest BCUT2D eigenvalue weighted by atomic mass is 9.75. The quantitative estimate of drug-likeness (QED) is 0.747. The molecule has 0 aliphatic carbocycles. The van der Waals surface area contributed by atoms with E-state index in [0.717, 1.165) is 17.6 Å². The minimum atomic E-state index is -5.27. The minimum Gasteiger partial charge on any atom is -0.378 e. The maximum atomic E-state index is 14.2. The van der Waals surface area contributed by atoms with Gasteiger partial charge in [-0.25, -0.2) is 4.79 Å². The van der Waals surface area contributed by atoms with Crippen LogP contribution in [-0.4, -0.2) is 66.8 Å². The fourth-order valence-electron chi connectivity index (χ4n) is 4.01. The summed E-state index contributed by atoms with van der Waals surface area (Å²) >= 11 is 0. The molecule has 0 spiro atoms. The van der Waals surface area contributed by atoms with Crippen LogP contribution in [0.25, 0.3) is 0 Å². The molecule has 2 amide bonds. The highest BCUT2D eigenvalue weighted by Crippen LogP contribution is 2.50. The van der Waals surface area contributed by atoms with Crippen LogP contribution in [0.15, 0.2) is 54.6 Å². The van der Waals surface area contributed by atoms with Gasteiger partial charge in [0.05, 0.1) is 6.04 Å². The summed E-state index contributed by atoms with van der Waals surface area (Å²) in [5, 5.41) is 11.0. The van der Waals surface area contributed by atoms with Crippen LogP contribution in [0.4, 0.5) is 23.7 Å². The van der Waals surface area contributed by atoms with Crippen LogP contribution in [-0.2, 0) is 0 Å². The average Bonchev–Trinajstić information content (AvgIpc) is 2.74. The number of hydrogen-bond donors (Lipinski definition) is 1. The first-order valence-corrected chi connectivity index (χ1v) is 9.57. The third-order valence-corrected chi connectivity index (χ3v) is 5.78. The van der Waals surface area contributed by atoms with Crippen molar-refractivity contribution in [2.24, 2.45) is 5.92 Å². The molecule has 1 heterocycles. The van der Waals surface area contributed by atoms with Gasteiger partial charge in [-0.15, -0.1) is 0 Å². The molecule has 9 heteroatoms. The second kappa shape index (κ2) is 7.88. The highest BCUT2D eigenvalue weighted by molar-refractivity contribution is 6.00. The molecule has 0 bridgehead atoms. The summed E-state index contributed by atoms with van der Waals surface area (Å²) in [5.74, 6) is -2.92. The van der Waals surface area contributed by atoms with E-state index in [1.165, 1.54) is 31.3 Å². The first-order valence-electron chi connectivity index (χ1n) is 9.57. The predicted octanol–water partition coefficient (Wildman–Crippen LogP) is 3.54. The number of carbonyl (C=O) groups excluding carboxylic acids is 2. The number of halogens is 3. The van der Waals surface area contributed by atoms with Gasteiger partial charge in [-0.3, -0.25) is 9.69 Å². The number of carbonyl (C=O) groups is 2. The van der Waals surface area contributed by atoms with Gasteiger partial charge in [-0.1, -0.05) is 42.5 Å². The number of ketones is 1. The van der Waals surface area contributed by atoms with Gasteiger partial charge in [-0.2, -0.15) is 13.2 Å². The third-order valence-electron chi connectivity index (χ3n) is 5.78. The normalized spacial score (nSPS) is 24.3. The van der Waals surface area contributed by atoms with Gasteiger partial charge in [0.2, 0.25) is 0 Å². The highest BCUT2D eigenvalue weighted by atomic mass is 19.4. The molecule has 1 aliphatic rings. The molecule has 3 rings (SSSR count). The maximum Gasteiger partial charge on any atom is 0.437 e. The first-order chi connectivity index (χ1) is 14.4. The summed E-state index contributed by atoms with van der Waals surface area (Å²) in [6, 6.07) is 11.6. The van der Waals surface area contributed by atoms with Crippen LogP contribution in [0.3, 0.4) is 0 Å². The van der Waals surface area contributed by atoms with E-state index in [-0.39, 0.29) is 10.5 Å². The molecule has 31 heavy (non-hydrogen) atoms. The van der Waals surface area contributed by atoms with Crippen LogP contribution in [0, 0.1) is 5.92 Å². The topological polar surface area (TPSA) is 64.1 Å². The molecular formula is C22H24F3N3O3. The minimum absolute atomic E-state index is 0.0150. The zero-order chi connectivity index (χ0) is 23.1. The lowest BCUT2D eigenvalue weighted by molar-refractivity contribution is -0.328. The zero-order valence-electron chi connectivity index (χ0n) is 17.6. The van der Waals surface area contributed by atoms with Crippen molar-refractivity contribution < 1.29 is 27.9 Å². The van der Waals surface area contributed by atoms with Gasteiger partial charge in [0.25, 0.3) is 5.72 Å². The van der Waals surface area contributed by atoms with Crippen LogP contribution in [0.1, 0.15) is 22.0 Å². The van der Waals surface area contributed by atoms with E-state index in [0.29, 0.717) is 5.56 Å². The predicted molar refractivity (Wildman–Crippen MR) is 110 cm³/mol. The number of rotatable bonds is 4. The van der Waals surface area contributed by atoms with E-state index >= 15 is 0 Å². The molecule has 1 fully saturated rings. The molecule has 0 aromatic heterocycles. The molecule has 2 aromatic carbocycles. The molecule has 1 saturated heterocycles. The van der Waals surface area contributed by atoms with E-state index in [2.05, 4.69) is 0 Å². The summed E-state index contributed by atoms with van der Waals surface area (Å²) in [5.41, 5.74) is -2.57. The van der Waals surface area contributed by atoms with Crippen LogP contribution in [0.2, 0.25) is 0 Å². The number of urea groups is 1. The van der Waals surface area contributed by atoms with E-state index in [9.17, 15) is 27.9 Å². The second-order valence-electron chi connectivity index (χ2n) is 7.82. The Kier molecular flexibility index (Phi) is 5.75. The highest BCUT2D eigenvalue weighted by Gasteiger charge is 2.70. The standard InChI is InChI=1S/C22H24F3N3O3/c1-26(2)16-12-10-14(11-13-16)18-17(19(29)15-8-6-5-7-9-15)21(31,22(23,24)25)28(4)20(30)27(18)3/h5-13,17-18,31H,1-4H3. The van der Waals surface area contributed by atoms with Gasteiger partial charge >= 0.3 is 12.2 Å². The van der Waals surface area contributed by atoms with Crippen LogP contribution < -0.4 is 4.90 Å². The van der Waals surface area contributed by atoms with Crippen molar-refractivity contribution in [2.75, 3.05) is 33.1 Å². The van der Waals surface area contributed by atoms with Crippen LogP contribution >= 0.6 is 0 Å². The van der Waals surface area contributed by atoms with Crippen molar-refractivity contribution in [3.63, 3.8) is 0 Å². The molecule has 3 unspecified atom stereocenters. The SMILES string of the molecule is CN(C)c1ccc(C2C(C(=O)c3ccccc3)C(O)(C(F)(F)F)N(C)C(=O)N2C)cc1. The lowest BCUT2D eigenvalue weighted by Crippen LogP contribution is -2.73. The number of anilines is 1. The molecular weight excluding hydrogens is 411 g/mol. The van der Waals surface area contributed by atoms with Gasteiger partial charge in [0.15, 0.2) is 5.78 Å². The fraction of sp³-hybridized carbons (Fsp3) is 0.364. The molecule has 1 aliphatic heterocycles. The summed E-state index contributed by atoms with van der Waals surface area (Å²) in [7, 11) is 5.79. The third kappa shape index (κ3) is 3.63. The Morgan fingerprint density at radius 1 is 1.03 bits per heavy atom. The Morgan fingerprint density at radius 2 is 1.58 bits per heavy atom. The number of hydrogen-bond acceptors (Lipinski definition) is 4. The number of alkyl halides is 3. The Morgan fingerprint density at radius 3 is 2.06 bits per heavy atom. The average molecular weight is 435 g/mol. The smallest absolute Gasteiger partial charge is 0.378 e. The Balaban J connectivity index is 2.23. The summed E-state index contributed by atoms with van der Waals surface area (Å²) in [4.78, 5) is 29.2. The van der Waals surface area contributed by atoms with Gasteiger partial charge < -0.3 is 14.9 Å². The number of amides is 2. The van der Waals surface area contributed by atoms with Crippen molar-refractivity contribution in [3.05, 3.63) is 65.7 Å². The van der Waals surface area contributed by atoms with E-state index in [1.807, 2.05) is 19.0 Å². The molecule has 0 radical (unpaired) electrons. The number of nitrogens with zero attached hydrogens (tertiary/aromatic N) is 3. The Hall–Kier alpha value is -3.07. The second-order valence-corrected chi connectivity index (χ2v) is 7.82. The van der Waals surface area contributed by atoms with Crippen molar-refractivity contribution in [1.29, 1.82) is 0 Å². The largest absolute Gasteiger partial charge is 0.437 e. The lowest BCUT2D eigenvalue weighted by Gasteiger charge is -2.53. The van der Waals surface area contributed by atoms with Gasteiger partial charge in [-0.05, 0) is 17.7 Å². The van der Waals surface area contributed by atoms with E-state index in [4.69, 9.17) is 0 Å². The zero-order valence-corrected chi connectivity index (χ0v) is 17.6. The summed E-state index contributed by atoms with van der Waals surface area (Å²) in [6.45, 7) is 0.